The molecule has 0 fully saturated rings. The molecule has 0 aromatic heterocycles. The number of fused-ring (bicyclic) bond motifs is 1. The van der Waals surface area contributed by atoms with Crippen LogP contribution in [0.2, 0.25) is 5.02 Å². The summed E-state index contributed by atoms with van der Waals surface area (Å²) in [6.07, 6.45) is -0.449. The number of nitrogens with zero attached hydrogens (tertiary/aromatic N) is 1. The number of amides is 1. The molecule has 1 heterocycles. The zero-order valence-electron chi connectivity index (χ0n) is 16.7. The third-order valence-electron chi connectivity index (χ3n) is 4.83. The van der Waals surface area contributed by atoms with Gasteiger partial charge >= 0.3 is 0 Å². The molecule has 166 valence electrons. The summed E-state index contributed by atoms with van der Waals surface area (Å²) in [4.78, 5) is 12.5. The molecule has 0 aliphatic carbocycles. The van der Waals surface area contributed by atoms with Gasteiger partial charge in [-0.15, -0.1) is 0 Å². The molecule has 32 heavy (non-hydrogen) atoms. The molecule has 3 aromatic rings. The average molecular weight is 479 g/mol. The monoisotopic (exact) mass is 478 g/mol. The summed E-state index contributed by atoms with van der Waals surface area (Å²) in [6.45, 7) is 1.72. The van der Waals surface area contributed by atoms with Crippen molar-refractivity contribution >= 4 is 38.9 Å². The third kappa shape index (κ3) is 4.13. The van der Waals surface area contributed by atoms with Crippen molar-refractivity contribution < 1.29 is 26.7 Å². The van der Waals surface area contributed by atoms with E-state index in [2.05, 4.69) is 5.32 Å². The first kappa shape index (κ1) is 22.0. The quantitative estimate of drug-likeness (QED) is 0.582. The molecule has 1 aliphatic rings. The van der Waals surface area contributed by atoms with Crippen molar-refractivity contribution in [2.24, 2.45) is 0 Å². The number of benzene rings is 3. The Morgan fingerprint density at radius 2 is 1.84 bits per heavy atom. The van der Waals surface area contributed by atoms with E-state index in [0.29, 0.717) is 0 Å². The lowest BCUT2D eigenvalue weighted by Gasteiger charge is -2.34. The van der Waals surface area contributed by atoms with Gasteiger partial charge in [0.05, 0.1) is 27.7 Å². The molecule has 10 heteroatoms. The fraction of sp³-hybridized carbons (Fsp3) is 0.136. The lowest BCUT2D eigenvalue weighted by molar-refractivity contribution is 0.102. The van der Waals surface area contributed by atoms with Crippen molar-refractivity contribution in [3.63, 3.8) is 0 Å². The van der Waals surface area contributed by atoms with Crippen LogP contribution in [0.3, 0.4) is 0 Å². The van der Waals surface area contributed by atoms with Crippen molar-refractivity contribution in [1.29, 1.82) is 0 Å². The van der Waals surface area contributed by atoms with Crippen molar-refractivity contribution in [2.45, 2.75) is 17.9 Å². The maximum absolute atomic E-state index is 14.1. The fourth-order valence-electron chi connectivity index (χ4n) is 3.35. The number of ether oxygens (including phenoxy) is 1. The van der Waals surface area contributed by atoms with Crippen LogP contribution in [0.1, 0.15) is 17.3 Å². The number of rotatable bonds is 4. The van der Waals surface area contributed by atoms with E-state index in [1.807, 2.05) is 0 Å². The van der Waals surface area contributed by atoms with Gasteiger partial charge in [0, 0.05) is 5.69 Å². The van der Waals surface area contributed by atoms with Crippen LogP contribution in [0.5, 0.6) is 5.75 Å². The molecule has 0 saturated heterocycles. The molecular weight excluding hydrogens is 462 g/mol. The largest absolute Gasteiger partial charge is 0.487 e. The molecule has 3 aromatic carbocycles. The highest BCUT2D eigenvalue weighted by Crippen LogP contribution is 2.39. The predicted molar refractivity (Wildman–Crippen MR) is 117 cm³/mol. The first-order valence-electron chi connectivity index (χ1n) is 9.51. The molecule has 1 amide bonds. The Kier molecular flexibility index (Phi) is 5.79. The molecule has 4 rings (SSSR count). The third-order valence-corrected chi connectivity index (χ3v) is 6.94. The first-order chi connectivity index (χ1) is 15.2. The minimum Gasteiger partial charge on any atom is -0.487 e. The van der Waals surface area contributed by atoms with Crippen LogP contribution in [-0.4, -0.2) is 27.0 Å². The van der Waals surface area contributed by atoms with Gasteiger partial charge < -0.3 is 10.1 Å². The molecular formula is C22H17ClF2N2O4S. The molecule has 6 nitrogen and oxygen atoms in total. The van der Waals surface area contributed by atoms with E-state index in [-0.39, 0.29) is 39.2 Å². The summed E-state index contributed by atoms with van der Waals surface area (Å²) in [7, 11) is -4.04. The highest BCUT2D eigenvalue weighted by atomic mass is 35.5. The van der Waals surface area contributed by atoms with Crippen LogP contribution < -0.4 is 14.4 Å². The molecule has 0 radical (unpaired) electrons. The summed E-state index contributed by atoms with van der Waals surface area (Å²) >= 11 is 5.95. The second-order valence-corrected chi connectivity index (χ2v) is 9.42. The fourth-order valence-corrected chi connectivity index (χ4v) is 5.14. The molecule has 1 atom stereocenters. The minimum atomic E-state index is -4.04. The number of carbonyl (C=O) groups is 1. The SMILES string of the molecule is C[C@H]1CN(S(=O)(=O)c2ccc(F)cc2)c2cc(NC(=O)c3c(F)cccc3Cl)ccc2O1. The van der Waals surface area contributed by atoms with E-state index < -0.39 is 33.7 Å². The second kappa shape index (κ2) is 8.40. The smallest absolute Gasteiger partial charge is 0.264 e. The van der Waals surface area contributed by atoms with E-state index in [4.69, 9.17) is 16.3 Å². The Balaban J connectivity index is 1.71. The Morgan fingerprint density at radius 3 is 2.53 bits per heavy atom. The predicted octanol–water partition coefficient (Wildman–Crippen LogP) is 4.85. The Morgan fingerprint density at radius 1 is 1.12 bits per heavy atom. The van der Waals surface area contributed by atoms with E-state index >= 15 is 0 Å². The van der Waals surface area contributed by atoms with Gasteiger partial charge in [-0.1, -0.05) is 17.7 Å². The summed E-state index contributed by atoms with van der Waals surface area (Å²) < 4.78 is 60.7. The molecule has 0 unspecified atom stereocenters. The van der Waals surface area contributed by atoms with Crippen molar-refractivity contribution in [2.75, 3.05) is 16.2 Å². The van der Waals surface area contributed by atoms with E-state index in [0.717, 1.165) is 22.5 Å². The number of hydrogen-bond acceptors (Lipinski definition) is 4. The molecule has 1 aliphatic heterocycles. The highest BCUT2D eigenvalue weighted by molar-refractivity contribution is 7.92. The van der Waals surface area contributed by atoms with Crippen LogP contribution in [0.4, 0.5) is 20.2 Å². The summed E-state index contributed by atoms with van der Waals surface area (Å²) in [6, 6.07) is 12.8. The number of anilines is 2. The van der Waals surface area contributed by atoms with E-state index in [9.17, 15) is 22.0 Å². The van der Waals surface area contributed by atoms with Gasteiger partial charge in [0.15, 0.2) is 0 Å². The van der Waals surface area contributed by atoms with Gasteiger partial charge in [-0.05, 0) is 61.5 Å². The van der Waals surface area contributed by atoms with Crippen LogP contribution in [0.25, 0.3) is 0 Å². The average Bonchev–Trinajstić information content (AvgIpc) is 2.73. The summed E-state index contributed by atoms with van der Waals surface area (Å²) in [5.41, 5.74) is 0.0722. The maximum Gasteiger partial charge on any atom is 0.264 e. The van der Waals surface area contributed by atoms with Crippen LogP contribution >= 0.6 is 11.6 Å². The Bertz CT molecular complexity index is 1280. The van der Waals surface area contributed by atoms with Crippen LogP contribution in [0, 0.1) is 11.6 Å². The number of sulfonamides is 1. The van der Waals surface area contributed by atoms with Crippen LogP contribution in [0.15, 0.2) is 65.6 Å². The number of carbonyl (C=O) groups excluding carboxylic acids is 1. The lowest BCUT2D eigenvalue weighted by Crippen LogP contribution is -2.42. The van der Waals surface area contributed by atoms with Crippen LogP contribution in [-0.2, 0) is 10.0 Å². The van der Waals surface area contributed by atoms with E-state index in [1.54, 1.807) is 6.92 Å². The van der Waals surface area contributed by atoms with Gasteiger partial charge in [0.2, 0.25) is 0 Å². The summed E-state index contributed by atoms with van der Waals surface area (Å²) in [5, 5.41) is 2.47. The Labute approximate surface area is 188 Å². The van der Waals surface area contributed by atoms with Gasteiger partial charge in [-0.25, -0.2) is 17.2 Å². The van der Waals surface area contributed by atoms with Gasteiger partial charge in [0.25, 0.3) is 15.9 Å². The first-order valence-corrected chi connectivity index (χ1v) is 11.3. The zero-order valence-corrected chi connectivity index (χ0v) is 18.3. The van der Waals surface area contributed by atoms with E-state index in [1.165, 1.54) is 42.5 Å². The maximum atomic E-state index is 14.1. The Hall–Kier alpha value is -3.17. The second-order valence-electron chi connectivity index (χ2n) is 7.15. The van der Waals surface area contributed by atoms with Crippen molar-refractivity contribution in [3.8, 4) is 5.75 Å². The lowest BCUT2D eigenvalue weighted by atomic mass is 10.1. The molecule has 1 N–H and O–H groups in total. The minimum absolute atomic E-state index is 0.00323. The highest BCUT2D eigenvalue weighted by Gasteiger charge is 2.33. The number of halogens is 3. The topological polar surface area (TPSA) is 75.7 Å². The number of hydrogen-bond donors (Lipinski definition) is 1. The summed E-state index contributed by atoms with van der Waals surface area (Å²) in [5.74, 6) is -1.84. The molecule has 0 bridgehead atoms. The molecule has 0 saturated carbocycles. The standard InChI is InChI=1S/C22H17ClF2N2O4S/c1-13-12-27(32(29,30)16-8-5-14(24)6-9-16)19-11-15(7-10-20(19)31-13)26-22(28)21-17(23)3-2-4-18(21)25/h2-11,13H,12H2,1H3,(H,26,28)/t13-/m0/s1. The van der Waals surface area contributed by atoms with Gasteiger partial charge in [-0.3, -0.25) is 9.10 Å². The molecule has 0 spiro atoms. The van der Waals surface area contributed by atoms with Gasteiger partial charge in [0.1, 0.15) is 23.5 Å². The number of nitrogens with one attached hydrogen (secondary N) is 1. The zero-order chi connectivity index (χ0) is 23.0. The van der Waals surface area contributed by atoms with Gasteiger partial charge in [-0.2, -0.15) is 0 Å². The normalized spacial score (nSPS) is 15.6. The van der Waals surface area contributed by atoms with Crippen molar-refractivity contribution in [1.82, 2.24) is 0 Å². The van der Waals surface area contributed by atoms with Crippen molar-refractivity contribution in [3.05, 3.63) is 82.9 Å².